The number of para-hydroxylation sites is 1. The zero-order chi connectivity index (χ0) is 20.8. The molecule has 1 aromatic heterocycles. The monoisotopic (exact) mass is 398 g/mol. The maximum Gasteiger partial charge on any atom is 0.338 e. The van der Waals surface area contributed by atoms with Gasteiger partial charge in [0.15, 0.2) is 0 Å². The number of hydrogen-bond donors (Lipinski definition) is 2. The topological polar surface area (TPSA) is 93.2 Å². The first kappa shape index (κ1) is 19.9. The summed E-state index contributed by atoms with van der Waals surface area (Å²) in [6, 6.07) is 11.0. The lowest BCUT2D eigenvalue weighted by atomic mass is 10.2. The molecule has 0 aliphatic rings. The molecular weight excluding hydrogens is 382 g/mol. The number of benzene rings is 2. The van der Waals surface area contributed by atoms with Gasteiger partial charge in [0.2, 0.25) is 0 Å². The van der Waals surface area contributed by atoms with E-state index >= 15 is 0 Å². The second-order valence-corrected chi connectivity index (χ2v) is 5.76. The van der Waals surface area contributed by atoms with E-state index in [0.717, 1.165) is 18.5 Å². The van der Waals surface area contributed by atoms with E-state index in [-0.39, 0.29) is 18.1 Å². The van der Waals surface area contributed by atoms with Crippen molar-refractivity contribution in [3.05, 3.63) is 77.8 Å². The van der Waals surface area contributed by atoms with Gasteiger partial charge in [-0.25, -0.2) is 23.5 Å². The van der Waals surface area contributed by atoms with Crippen molar-refractivity contribution in [2.24, 2.45) is 0 Å². The van der Waals surface area contributed by atoms with Gasteiger partial charge < -0.3 is 15.4 Å². The predicted octanol–water partition coefficient (Wildman–Crippen LogP) is 3.93. The van der Waals surface area contributed by atoms with E-state index in [1.54, 1.807) is 31.2 Å². The molecule has 2 N–H and O–H groups in total. The van der Waals surface area contributed by atoms with Crippen LogP contribution in [0.15, 0.2) is 54.9 Å². The van der Waals surface area contributed by atoms with Crippen molar-refractivity contribution < 1.29 is 23.1 Å². The van der Waals surface area contributed by atoms with Crippen LogP contribution in [0.4, 0.5) is 26.0 Å². The molecule has 3 aromatic rings. The quantitative estimate of drug-likeness (QED) is 0.611. The molecule has 0 atom stereocenters. The standard InChI is InChI=1S/C20H16F2N4O3/c1-2-29-20(28)12-6-8-13(9-7-12)25-17-10-16(23-11-24-17)19(27)26-18-14(21)4-3-5-15(18)22/h3-11H,2H2,1H3,(H,26,27)(H,23,24,25). The summed E-state index contributed by atoms with van der Waals surface area (Å²) in [5.41, 5.74) is 0.351. The molecule has 2 aromatic carbocycles. The Labute approximate surface area is 164 Å². The SMILES string of the molecule is CCOC(=O)c1ccc(Nc2cc(C(=O)Nc3c(F)cccc3F)ncn2)cc1. The highest BCUT2D eigenvalue weighted by atomic mass is 19.1. The van der Waals surface area contributed by atoms with E-state index in [0.29, 0.717) is 11.3 Å². The zero-order valence-electron chi connectivity index (χ0n) is 15.3. The van der Waals surface area contributed by atoms with Crippen LogP contribution in [0.5, 0.6) is 0 Å². The number of halogens is 2. The molecule has 0 radical (unpaired) electrons. The van der Waals surface area contributed by atoms with Crippen molar-refractivity contribution in [2.75, 3.05) is 17.2 Å². The number of rotatable bonds is 6. The summed E-state index contributed by atoms with van der Waals surface area (Å²) in [5, 5.41) is 5.11. The van der Waals surface area contributed by atoms with Crippen molar-refractivity contribution in [1.82, 2.24) is 9.97 Å². The molecule has 0 bridgehead atoms. The van der Waals surface area contributed by atoms with Crippen molar-refractivity contribution in [3.8, 4) is 0 Å². The first-order valence-electron chi connectivity index (χ1n) is 8.59. The summed E-state index contributed by atoms with van der Waals surface area (Å²) in [6.45, 7) is 2.00. The smallest absolute Gasteiger partial charge is 0.338 e. The van der Waals surface area contributed by atoms with Gasteiger partial charge >= 0.3 is 5.97 Å². The zero-order valence-corrected chi connectivity index (χ0v) is 15.3. The number of amides is 1. The maximum absolute atomic E-state index is 13.7. The average molecular weight is 398 g/mol. The lowest BCUT2D eigenvalue weighted by Crippen LogP contribution is -2.16. The van der Waals surface area contributed by atoms with Crippen molar-refractivity contribution in [3.63, 3.8) is 0 Å². The first-order valence-corrected chi connectivity index (χ1v) is 8.59. The van der Waals surface area contributed by atoms with Crippen LogP contribution in [0.1, 0.15) is 27.8 Å². The molecule has 0 unspecified atom stereocenters. The molecule has 29 heavy (non-hydrogen) atoms. The lowest BCUT2D eigenvalue weighted by molar-refractivity contribution is 0.0526. The van der Waals surface area contributed by atoms with Crippen LogP contribution in [0, 0.1) is 11.6 Å². The van der Waals surface area contributed by atoms with E-state index in [2.05, 4.69) is 20.6 Å². The normalized spacial score (nSPS) is 10.3. The van der Waals surface area contributed by atoms with Crippen molar-refractivity contribution >= 4 is 29.1 Å². The Morgan fingerprint density at radius 2 is 1.72 bits per heavy atom. The van der Waals surface area contributed by atoms with Gasteiger partial charge in [-0.15, -0.1) is 0 Å². The molecular formula is C20H16F2N4O3. The van der Waals surface area contributed by atoms with Crippen molar-refractivity contribution in [2.45, 2.75) is 6.92 Å². The van der Waals surface area contributed by atoms with Crippen molar-refractivity contribution in [1.29, 1.82) is 0 Å². The Bertz CT molecular complexity index is 1020. The number of hydrogen-bond acceptors (Lipinski definition) is 6. The van der Waals surface area contributed by atoms with E-state index in [1.165, 1.54) is 12.1 Å². The Morgan fingerprint density at radius 3 is 2.38 bits per heavy atom. The summed E-state index contributed by atoms with van der Waals surface area (Å²) in [7, 11) is 0. The summed E-state index contributed by atoms with van der Waals surface area (Å²) < 4.78 is 32.3. The molecule has 0 spiro atoms. The number of carbonyl (C=O) groups excluding carboxylic acids is 2. The fourth-order valence-electron chi connectivity index (χ4n) is 2.40. The van der Waals surface area contributed by atoms with Gasteiger partial charge in [-0.2, -0.15) is 0 Å². The van der Waals surface area contributed by atoms with Gasteiger partial charge in [-0.05, 0) is 43.3 Å². The Hall–Kier alpha value is -3.88. The molecule has 9 heteroatoms. The molecule has 3 rings (SSSR count). The number of esters is 1. The minimum absolute atomic E-state index is 0.0895. The third kappa shape index (κ3) is 4.89. The molecule has 148 valence electrons. The molecule has 0 saturated carbocycles. The van der Waals surface area contributed by atoms with Crippen LogP contribution in [0.3, 0.4) is 0 Å². The highest BCUT2D eigenvalue weighted by Gasteiger charge is 2.15. The van der Waals surface area contributed by atoms with Gasteiger partial charge in [0.1, 0.15) is 35.2 Å². The fourth-order valence-corrected chi connectivity index (χ4v) is 2.40. The van der Waals surface area contributed by atoms with Gasteiger partial charge in [0.05, 0.1) is 12.2 Å². The maximum atomic E-state index is 13.7. The Kier molecular flexibility index (Phi) is 6.08. The van der Waals surface area contributed by atoms with Crippen LogP contribution in [0.2, 0.25) is 0 Å². The molecule has 1 heterocycles. The van der Waals surface area contributed by atoms with Crippen LogP contribution >= 0.6 is 0 Å². The van der Waals surface area contributed by atoms with E-state index in [9.17, 15) is 18.4 Å². The molecule has 1 amide bonds. The Morgan fingerprint density at radius 1 is 1.03 bits per heavy atom. The molecule has 0 saturated heterocycles. The van der Waals surface area contributed by atoms with Gasteiger partial charge in [0, 0.05) is 11.8 Å². The summed E-state index contributed by atoms with van der Waals surface area (Å²) in [4.78, 5) is 31.8. The van der Waals surface area contributed by atoms with Crippen LogP contribution in [-0.4, -0.2) is 28.5 Å². The molecule has 0 fully saturated rings. The van der Waals surface area contributed by atoms with E-state index in [4.69, 9.17) is 4.74 Å². The molecule has 0 aliphatic heterocycles. The van der Waals surface area contributed by atoms with Gasteiger partial charge in [-0.1, -0.05) is 6.07 Å². The summed E-state index contributed by atoms with van der Waals surface area (Å²) in [5.74, 6) is -2.74. The van der Waals surface area contributed by atoms with Gasteiger partial charge in [-0.3, -0.25) is 4.79 Å². The molecule has 0 aliphatic carbocycles. The van der Waals surface area contributed by atoms with Gasteiger partial charge in [0.25, 0.3) is 5.91 Å². The van der Waals surface area contributed by atoms with Crippen LogP contribution in [-0.2, 0) is 4.74 Å². The first-order chi connectivity index (χ1) is 14.0. The second-order valence-electron chi connectivity index (χ2n) is 5.76. The average Bonchev–Trinajstić information content (AvgIpc) is 2.71. The lowest BCUT2D eigenvalue weighted by Gasteiger charge is -2.09. The second kappa shape index (κ2) is 8.87. The number of anilines is 3. The van der Waals surface area contributed by atoms with E-state index < -0.39 is 29.2 Å². The molecule has 7 nitrogen and oxygen atoms in total. The van der Waals surface area contributed by atoms with E-state index in [1.807, 2.05) is 0 Å². The Balaban J connectivity index is 1.72. The van der Waals surface area contributed by atoms with Crippen LogP contribution < -0.4 is 10.6 Å². The number of nitrogens with one attached hydrogen (secondary N) is 2. The number of ether oxygens (including phenoxy) is 1. The predicted molar refractivity (Wildman–Crippen MR) is 102 cm³/mol. The summed E-state index contributed by atoms with van der Waals surface area (Å²) >= 11 is 0. The third-order valence-electron chi connectivity index (χ3n) is 3.77. The third-order valence-corrected chi connectivity index (χ3v) is 3.77. The number of carbonyl (C=O) groups is 2. The highest BCUT2D eigenvalue weighted by molar-refractivity contribution is 6.03. The summed E-state index contributed by atoms with van der Waals surface area (Å²) in [6.07, 6.45) is 1.14. The number of aromatic nitrogens is 2. The van der Waals surface area contributed by atoms with Crippen LogP contribution in [0.25, 0.3) is 0 Å². The minimum Gasteiger partial charge on any atom is -0.462 e. The minimum atomic E-state index is -0.896. The largest absolute Gasteiger partial charge is 0.462 e. The highest BCUT2D eigenvalue weighted by Crippen LogP contribution is 2.20. The number of nitrogens with zero attached hydrogens (tertiary/aromatic N) is 2. The fraction of sp³-hybridized carbons (Fsp3) is 0.100.